The third-order valence-corrected chi connectivity index (χ3v) is 3.38. The second-order valence-corrected chi connectivity index (χ2v) is 4.93. The molecule has 21 heavy (non-hydrogen) atoms. The van der Waals surface area contributed by atoms with E-state index in [0.717, 1.165) is 0 Å². The summed E-state index contributed by atoms with van der Waals surface area (Å²) in [4.78, 5) is 0. The van der Waals surface area contributed by atoms with Gasteiger partial charge >= 0.3 is 0 Å². The van der Waals surface area contributed by atoms with Crippen LogP contribution in [0.3, 0.4) is 0 Å². The summed E-state index contributed by atoms with van der Waals surface area (Å²) in [5.74, 6) is 5.13. The van der Waals surface area contributed by atoms with Gasteiger partial charge in [-0.05, 0) is 35.9 Å². The number of ether oxygens (including phenoxy) is 1. The van der Waals surface area contributed by atoms with Crippen LogP contribution in [0.2, 0.25) is 10.0 Å². The third kappa shape index (κ3) is 4.37. The van der Waals surface area contributed by atoms with Crippen molar-refractivity contribution in [2.24, 2.45) is 0 Å². The Balaban J connectivity index is 2.16. The Labute approximate surface area is 132 Å². The van der Waals surface area contributed by atoms with Gasteiger partial charge in [0, 0.05) is 5.56 Å². The second kappa shape index (κ2) is 7.33. The van der Waals surface area contributed by atoms with E-state index < -0.39 is 5.82 Å². The van der Waals surface area contributed by atoms with Crippen molar-refractivity contribution in [3.8, 4) is 17.6 Å². The van der Waals surface area contributed by atoms with Gasteiger partial charge in [-0.2, -0.15) is 0 Å². The van der Waals surface area contributed by atoms with E-state index in [4.69, 9.17) is 33.0 Å². The average molecular weight is 325 g/mol. The topological polar surface area (TPSA) is 29.5 Å². The number of benzene rings is 2. The van der Waals surface area contributed by atoms with Gasteiger partial charge in [0.25, 0.3) is 0 Å². The standard InChI is InChI=1S/C16H11Cl2FO2/c17-14-4-1-5-15(16(14)18)21-10-12-7-11(3-2-6-20)8-13(19)9-12/h1,4-5,7-9,20H,6,10H2. The first-order valence-corrected chi connectivity index (χ1v) is 6.82. The molecule has 2 nitrogen and oxygen atoms in total. The van der Waals surface area contributed by atoms with Gasteiger partial charge in [-0.15, -0.1) is 0 Å². The molecule has 5 heteroatoms. The molecule has 0 saturated heterocycles. The van der Waals surface area contributed by atoms with Gasteiger partial charge in [-0.25, -0.2) is 4.39 Å². The van der Waals surface area contributed by atoms with Crippen LogP contribution in [-0.2, 0) is 6.61 Å². The lowest BCUT2D eigenvalue weighted by Gasteiger charge is -2.09. The first-order valence-electron chi connectivity index (χ1n) is 6.06. The van der Waals surface area contributed by atoms with E-state index in [9.17, 15) is 4.39 Å². The fourth-order valence-electron chi connectivity index (χ4n) is 1.70. The number of rotatable bonds is 3. The van der Waals surface area contributed by atoms with Crippen LogP contribution in [0.1, 0.15) is 11.1 Å². The monoisotopic (exact) mass is 324 g/mol. The summed E-state index contributed by atoms with van der Waals surface area (Å²) < 4.78 is 19.0. The van der Waals surface area contributed by atoms with Crippen LogP contribution in [-0.4, -0.2) is 11.7 Å². The predicted molar refractivity (Wildman–Crippen MR) is 81.2 cm³/mol. The number of hydrogen-bond acceptors (Lipinski definition) is 2. The van der Waals surface area contributed by atoms with Crippen LogP contribution in [0.4, 0.5) is 4.39 Å². The zero-order valence-corrected chi connectivity index (χ0v) is 12.4. The normalized spacial score (nSPS) is 9.90. The highest BCUT2D eigenvalue weighted by Gasteiger charge is 2.06. The Morgan fingerprint density at radius 2 is 2.00 bits per heavy atom. The molecule has 2 rings (SSSR count). The smallest absolute Gasteiger partial charge is 0.139 e. The minimum Gasteiger partial charge on any atom is -0.487 e. The molecule has 0 spiro atoms. The average Bonchev–Trinajstić information content (AvgIpc) is 2.46. The lowest BCUT2D eigenvalue weighted by Crippen LogP contribution is -1.98. The molecule has 0 amide bonds. The van der Waals surface area contributed by atoms with Crippen LogP contribution in [0, 0.1) is 17.7 Å². The molecule has 0 radical (unpaired) electrons. The van der Waals surface area contributed by atoms with Crippen molar-refractivity contribution < 1.29 is 14.2 Å². The highest BCUT2D eigenvalue weighted by molar-refractivity contribution is 6.42. The molecule has 0 atom stereocenters. The fourth-order valence-corrected chi connectivity index (χ4v) is 2.05. The van der Waals surface area contributed by atoms with Crippen molar-refractivity contribution in [1.29, 1.82) is 0 Å². The third-order valence-electron chi connectivity index (χ3n) is 2.58. The zero-order chi connectivity index (χ0) is 15.2. The van der Waals surface area contributed by atoms with Crippen molar-refractivity contribution in [3.05, 3.63) is 63.4 Å². The maximum absolute atomic E-state index is 13.5. The maximum atomic E-state index is 13.5. The summed E-state index contributed by atoms with van der Waals surface area (Å²) >= 11 is 11.9. The molecule has 0 fully saturated rings. The molecule has 0 unspecified atom stereocenters. The molecular formula is C16H11Cl2FO2. The van der Waals surface area contributed by atoms with E-state index in [1.807, 2.05) is 0 Å². The minimum atomic E-state index is -0.421. The van der Waals surface area contributed by atoms with Crippen LogP contribution in [0.5, 0.6) is 5.75 Å². The molecule has 2 aromatic carbocycles. The fraction of sp³-hybridized carbons (Fsp3) is 0.125. The first-order chi connectivity index (χ1) is 10.1. The highest BCUT2D eigenvalue weighted by atomic mass is 35.5. The Bertz CT molecular complexity index is 705. The summed E-state index contributed by atoms with van der Waals surface area (Å²) in [6.07, 6.45) is 0. The Morgan fingerprint density at radius 1 is 1.19 bits per heavy atom. The van der Waals surface area contributed by atoms with Crippen molar-refractivity contribution in [2.45, 2.75) is 6.61 Å². The summed E-state index contributed by atoms with van der Waals surface area (Å²) in [6, 6.07) is 9.38. The summed E-state index contributed by atoms with van der Waals surface area (Å²) in [5.41, 5.74) is 1.08. The highest BCUT2D eigenvalue weighted by Crippen LogP contribution is 2.31. The van der Waals surface area contributed by atoms with Crippen LogP contribution in [0.15, 0.2) is 36.4 Å². The molecule has 0 aliphatic carbocycles. The van der Waals surface area contributed by atoms with Gasteiger partial charge in [-0.3, -0.25) is 0 Å². The van der Waals surface area contributed by atoms with Gasteiger partial charge in [0.15, 0.2) is 0 Å². The van der Waals surface area contributed by atoms with Crippen molar-refractivity contribution in [2.75, 3.05) is 6.61 Å². The molecule has 0 aliphatic heterocycles. The van der Waals surface area contributed by atoms with E-state index in [1.165, 1.54) is 12.1 Å². The summed E-state index contributed by atoms with van der Waals surface area (Å²) in [6.45, 7) is -0.147. The van der Waals surface area contributed by atoms with Gasteiger partial charge in [-0.1, -0.05) is 41.1 Å². The van der Waals surface area contributed by atoms with Gasteiger partial charge < -0.3 is 9.84 Å². The van der Waals surface area contributed by atoms with Crippen LogP contribution < -0.4 is 4.74 Å². The lowest BCUT2D eigenvalue weighted by atomic mass is 10.1. The van der Waals surface area contributed by atoms with E-state index in [-0.39, 0.29) is 13.2 Å². The molecule has 0 bridgehead atoms. The van der Waals surface area contributed by atoms with E-state index in [1.54, 1.807) is 24.3 Å². The molecule has 0 aliphatic rings. The van der Waals surface area contributed by atoms with E-state index in [0.29, 0.717) is 26.9 Å². The molecule has 1 N–H and O–H groups in total. The number of halogens is 3. The predicted octanol–water partition coefficient (Wildman–Crippen LogP) is 4.06. The maximum Gasteiger partial charge on any atom is 0.139 e. The Morgan fingerprint density at radius 3 is 2.76 bits per heavy atom. The molecule has 108 valence electrons. The largest absolute Gasteiger partial charge is 0.487 e. The number of hydrogen-bond donors (Lipinski definition) is 1. The number of aliphatic hydroxyl groups excluding tert-OH is 1. The van der Waals surface area contributed by atoms with Crippen molar-refractivity contribution in [1.82, 2.24) is 0 Å². The zero-order valence-electron chi connectivity index (χ0n) is 10.9. The SMILES string of the molecule is OCC#Cc1cc(F)cc(COc2cccc(Cl)c2Cl)c1. The molecule has 2 aromatic rings. The van der Waals surface area contributed by atoms with Gasteiger partial charge in [0.2, 0.25) is 0 Å². The molecular weight excluding hydrogens is 314 g/mol. The summed E-state index contributed by atoms with van der Waals surface area (Å²) in [5, 5.41) is 9.36. The summed E-state index contributed by atoms with van der Waals surface area (Å²) in [7, 11) is 0. The van der Waals surface area contributed by atoms with Gasteiger partial charge in [0.05, 0.1) is 5.02 Å². The Hall–Kier alpha value is -1.73. The first kappa shape index (κ1) is 15.7. The molecule has 0 saturated carbocycles. The van der Waals surface area contributed by atoms with E-state index in [2.05, 4.69) is 11.8 Å². The Kier molecular flexibility index (Phi) is 5.46. The second-order valence-electron chi connectivity index (χ2n) is 4.15. The van der Waals surface area contributed by atoms with E-state index >= 15 is 0 Å². The quantitative estimate of drug-likeness (QED) is 0.863. The van der Waals surface area contributed by atoms with Gasteiger partial charge in [0.1, 0.15) is 29.8 Å². The molecule has 0 aromatic heterocycles. The number of aliphatic hydroxyl groups is 1. The minimum absolute atomic E-state index is 0.131. The van der Waals surface area contributed by atoms with Crippen molar-refractivity contribution in [3.63, 3.8) is 0 Å². The molecule has 0 heterocycles. The lowest BCUT2D eigenvalue weighted by molar-refractivity contribution is 0.306. The van der Waals surface area contributed by atoms with Crippen LogP contribution in [0.25, 0.3) is 0 Å². The van der Waals surface area contributed by atoms with Crippen LogP contribution >= 0.6 is 23.2 Å². The van der Waals surface area contributed by atoms with Crippen molar-refractivity contribution >= 4 is 23.2 Å².